The summed E-state index contributed by atoms with van der Waals surface area (Å²) in [4.78, 5) is 30.9. The Balaban J connectivity index is 1.33. The van der Waals surface area contributed by atoms with Crippen LogP contribution in [0, 0.1) is 6.92 Å². The van der Waals surface area contributed by atoms with Gasteiger partial charge in [0.05, 0.1) is 22.2 Å². The third-order valence-corrected chi connectivity index (χ3v) is 8.25. The largest absolute Gasteiger partial charge is 0.493 e. The van der Waals surface area contributed by atoms with Crippen LogP contribution >= 0.6 is 34.5 Å². The Morgan fingerprint density at radius 3 is 2.64 bits per heavy atom. The molecule has 0 fully saturated rings. The number of thiophene rings is 1. The zero-order valence-corrected chi connectivity index (χ0v) is 23.5. The van der Waals surface area contributed by atoms with E-state index in [9.17, 15) is 14.7 Å². The molecule has 0 saturated heterocycles. The van der Waals surface area contributed by atoms with Crippen molar-refractivity contribution in [2.45, 2.75) is 39.2 Å². The first-order valence-electron chi connectivity index (χ1n) is 12.5. The summed E-state index contributed by atoms with van der Waals surface area (Å²) in [5.41, 5.74) is 4.96. The molecule has 0 bridgehead atoms. The van der Waals surface area contributed by atoms with Gasteiger partial charge in [0.25, 0.3) is 5.91 Å². The van der Waals surface area contributed by atoms with Crippen LogP contribution in [0.15, 0.2) is 52.9 Å². The molecule has 0 spiro atoms. The maximum absolute atomic E-state index is 13.2. The number of halogens is 2. The number of benzene rings is 2. The fourth-order valence-electron chi connectivity index (χ4n) is 4.77. The second-order valence-electron chi connectivity index (χ2n) is 9.27. The molecule has 0 atom stereocenters. The third kappa shape index (κ3) is 6.13. The zero-order valence-electron chi connectivity index (χ0n) is 21.2. The molecular weight excluding hydrogens is 559 g/mol. The van der Waals surface area contributed by atoms with Gasteiger partial charge in [-0.1, -0.05) is 47.5 Å². The normalized spacial score (nSPS) is 12.8. The number of carbonyl (C=O) groups excluding carboxylic acids is 1. The minimum Gasteiger partial charge on any atom is -0.493 e. The summed E-state index contributed by atoms with van der Waals surface area (Å²) in [6, 6.07) is 15.1. The molecule has 0 saturated carbocycles. The van der Waals surface area contributed by atoms with E-state index in [4.69, 9.17) is 32.4 Å². The van der Waals surface area contributed by atoms with Crippen molar-refractivity contribution in [3.8, 4) is 17.2 Å². The second-order valence-corrected chi connectivity index (χ2v) is 11.6. The van der Waals surface area contributed by atoms with Crippen molar-refractivity contribution in [3.63, 3.8) is 0 Å². The number of amides is 1. The van der Waals surface area contributed by atoms with E-state index in [-0.39, 0.29) is 12.3 Å². The van der Waals surface area contributed by atoms with Crippen molar-refractivity contribution < 1.29 is 23.8 Å². The lowest BCUT2D eigenvalue weighted by Crippen LogP contribution is -2.36. The van der Waals surface area contributed by atoms with E-state index in [0.29, 0.717) is 59.1 Å². The van der Waals surface area contributed by atoms with Gasteiger partial charge in [-0.3, -0.25) is 9.59 Å². The molecule has 3 heterocycles. The Labute approximate surface area is 239 Å². The quantitative estimate of drug-likeness (QED) is 0.231. The summed E-state index contributed by atoms with van der Waals surface area (Å²) in [7, 11) is 0. The van der Waals surface area contributed by atoms with E-state index < -0.39 is 5.97 Å². The Hall–Kier alpha value is -3.33. The molecule has 0 aliphatic carbocycles. The van der Waals surface area contributed by atoms with E-state index in [2.05, 4.69) is 4.98 Å². The standard InChI is InChI=1S/C29H26Cl2N2O5S/c1-17-23(32-28(38-17)19-5-3-2-4-6-19)12-14-37-24-9-7-18(8-10-26(34)35)22-16-33(13-11-20(22)24)29(36)21-15-25(30)39-27(21)31/h2-7,9,15H,8,10-14,16H2,1H3,(H,34,35). The van der Waals surface area contributed by atoms with Gasteiger partial charge in [-0.15, -0.1) is 11.3 Å². The number of fused-ring (bicyclic) bond motifs is 1. The van der Waals surface area contributed by atoms with E-state index >= 15 is 0 Å². The lowest BCUT2D eigenvalue weighted by atomic mass is 9.91. The highest BCUT2D eigenvalue weighted by atomic mass is 35.5. The number of ether oxygens (including phenoxy) is 1. The first-order chi connectivity index (χ1) is 18.8. The minimum absolute atomic E-state index is 0.00173. The van der Waals surface area contributed by atoms with Crippen LogP contribution in [0.25, 0.3) is 11.5 Å². The maximum atomic E-state index is 13.2. The lowest BCUT2D eigenvalue weighted by Gasteiger charge is -2.31. The van der Waals surface area contributed by atoms with Crippen LogP contribution in [-0.2, 0) is 30.6 Å². The first-order valence-corrected chi connectivity index (χ1v) is 14.1. The number of oxazole rings is 1. The van der Waals surface area contributed by atoms with Crippen LogP contribution in [0.1, 0.15) is 44.9 Å². The predicted octanol–water partition coefficient (Wildman–Crippen LogP) is 6.86. The third-order valence-electron chi connectivity index (χ3n) is 6.76. The number of aromatic nitrogens is 1. The average Bonchev–Trinajstić information content (AvgIpc) is 3.48. The maximum Gasteiger partial charge on any atom is 0.303 e. The number of nitrogens with zero attached hydrogens (tertiary/aromatic N) is 2. The van der Waals surface area contributed by atoms with Crippen LogP contribution in [0.3, 0.4) is 0 Å². The molecule has 0 radical (unpaired) electrons. The summed E-state index contributed by atoms with van der Waals surface area (Å²) in [6.45, 7) is 3.12. The van der Waals surface area contributed by atoms with Crippen molar-refractivity contribution in [1.82, 2.24) is 9.88 Å². The fourth-order valence-corrected chi connectivity index (χ4v) is 6.22. The number of aryl methyl sites for hydroxylation is 2. The van der Waals surface area contributed by atoms with Gasteiger partial charge in [-0.25, -0.2) is 4.98 Å². The van der Waals surface area contributed by atoms with Gasteiger partial charge in [-0.2, -0.15) is 0 Å². The van der Waals surface area contributed by atoms with Crippen molar-refractivity contribution in [1.29, 1.82) is 0 Å². The number of carbonyl (C=O) groups is 2. The molecule has 1 amide bonds. The van der Waals surface area contributed by atoms with Gasteiger partial charge in [0.15, 0.2) is 0 Å². The Bertz CT molecular complexity index is 1520. The predicted molar refractivity (Wildman–Crippen MR) is 151 cm³/mol. The summed E-state index contributed by atoms with van der Waals surface area (Å²) >= 11 is 13.5. The lowest BCUT2D eigenvalue weighted by molar-refractivity contribution is -0.136. The van der Waals surface area contributed by atoms with Crippen molar-refractivity contribution in [3.05, 3.63) is 90.9 Å². The van der Waals surface area contributed by atoms with Crippen molar-refractivity contribution in [2.75, 3.05) is 13.2 Å². The monoisotopic (exact) mass is 584 g/mol. The molecule has 202 valence electrons. The molecule has 1 aliphatic heterocycles. The van der Waals surface area contributed by atoms with Gasteiger partial charge < -0.3 is 19.2 Å². The van der Waals surface area contributed by atoms with Crippen molar-refractivity contribution >= 4 is 46.4 Å². The molecule has 2 aromatic carbocycles. The molecule has 2 aromatic heterocycles. The summed E-state index contributed by atoms with van der Waals surface area (Å²) in [5, 5.41) is 9.25. The van der Waals surface area contributed by atoms with Gasteiger partial charge in [0.2, 0.25) is 5.89 Å². The highest BCUT2D eigenvalue weighted by Crippen LogP contribution is 2.36. The number of carboxylic acids is 1. The van der Waals surface area contributed by atoms with Gasteiger partial charge >= 0.3 is 5.97 Å². The smallest absolute Gasteiger partial charge is 0.303 e. The second kappa shape index (κ2) is 11.8. The number of aliphatic carboxylic acids is 1. The number of carboxylic acid groups (broad SMARTS) is 1. The van der Waals surface area contributed by atoms with Crippen LogP contribution in [0.2, 0.25) is 8.67 Å². The first kappa shape index (κ1) is 27.2. The fraction of sp³-hybridized carbons (Fsp3) is 0.276. The Kier molecular flexibility index (Phi) is 8.26. The molecule has 4 aromatic rings. The number of hydrogen-bond acceptors (Lipinski definition) is 6. The molecule has 1 N–H and O–H groups in total. The molecule has 39 heavy (non-hydrogen) atoms. The van der Waals surface area contributed by atoms with Crippen LogP contribution in [0.4, 0.5) is 0 Å². The van der Waals surface area contributed by atoms with Crippen molar-refractivity contribution in [2.24, 2.45) is 0 Å². The van der Waals surface area contributed by atoms with Gasteiger partial charge in [0, 0.05) is 37.1 Å². The van der Waals surface area contributed by atoms with Gasteiger partial charge in [0.1, 0.15) is 15.8 Å². The van der Waals surface area contributed by atoms with Crippen LogP contribution in [0.5, 0.6) is 5.75 Å². The molecular formula is C29H26Cl2N2O5S. The average molecular weight is 586 g/mol. The molecule has 5 rings (SSSR count). The highest BCUT2D eigenvalue weighted by molar-refractivity contribution is 7.20. The molecule has 7 nitrogen and oxygen atoms in total. The topological polar surface area (TPSA) is 92.9 Å². The van der Waals surface area contributed by atoms with E-state index in [0.717, 1.165) is 50.8 Å². The Morgan fingerprint density at radius 1 is 1.13 bits per heavy atom. The van der Waals surface area contributed by atoms with Crippen LogP contribution < -0.4 is 4.74 Å². The summed E-state index contributed by atoms with van der Waals surface area (Å²) < 4.78 is 12.9. The number of hydrogen-bond donors (Lipinski definition) is 1. The molecule has 1 aliphatic rings. The van der Waals surface area contributed by atoms with E-state index in [1.165, 1.54) is 0 Å². The van der Waals surface area contributed by atoms with Crippen LogP contribution in [-0.4, -0.2) is 40.0 Å². The zero-order chi connectivity index (χ0) is 27.5. The molecule has 10 heteroatoms. The summed E-state index contributed by atoms with van der Waals surface area (Å²) in [6.07, 6.45) is 1.51. The SMILES string of the molecule is Cc1oc(-c2ccccc2)nc1CCOc1ccc(CCC(=O)O)c2c1CCN(C(=O)c1cc(Cl)sc1Cl)C2. The Morgan fingerprint density at radius 2 is 1.92 bits per heavy atom. The van der Waals surface area contributed by atoms with E-state index in [1.807, 2.05) is 49.4 Å². The summed E-state index contributed by atoms with van der Waals surface area (Å²) in [5.74, 6) is 1.01. The van der Waals surface area contributed by atoms with Gasteiger partial charge in [-0.05, 0) is 55.2 Å². The minimum atomic E-state index is -0.870. The molecule has 0 unspecified atom stereocenters. The van der Waals surface area contributed by atoms with E-state index in [1.54, 1.807) is 11.0 Å². The highest BCUT2D eigenvalue weighted by Gasteiger charge is 2.28. The number of rotatable bonds is 9.